The van der Waals surface area contributed by atoms with Gasteiger partial charge in [-0.25, -0.2) is 0 Å². The highest BCUT2D eigenvalue weighted by Gasteiger charge is 2.26. The first kappa shape index (κ1) is 10.6. The van der Waals surface area contributed by atoms with E-state index in [4.69, 9.17) is 10.8 Å². The van der Waals surface area contributed by atoms with Crippen LogP contribution in [0.25, 0.3) is 0 Å². The van der Waals surface area contributed by atoms with Gasteiger partial charge in [0.2, 0.25) is 0 Å². The molecule has 0 radical (unpaired) electrons. The minimum Gasteiger partial charge on any atom is -0.325 e. The molecule has 3 N–H and O–H groups in total. The third-order valence-electron chi connectivity index (χ3n) is 3.53. The van der Waals surface area contributed by atoms with E-state index in [1.54, 1.807) is 0 Å². The first-order valence-electron chi connectivity index (χ1n) is 5.98. The molecule has 88 valence electrons. The van der Waals surface area contributed by atoms with Crippen LogP contribution in [-0.2, 0) is 19.6 Å². The molecule has 1 fully saturated rings. The first-order chi connectivity index (χ1) is 7.90. The Bertz CT molecular complexity index is 382. The van der Waals surface area contributed by atoms with E-state index >= 15 is 0 Å². The molecule has 2 aliphatic rings. The van der Waals surface area contributed by atoms with Crippen molar-refractivity contribution in [1.82, 2.24) is 15.1 Å². The van der Waals surface area contributed by atoms with Crippen molar-refractivity contribution in [2.75, 3.05) is 11.5 Å². The summed E-state index contributed by atoms with van der Waals surface area (Å²) in [6.07, 6.45) is 2.51. The SMILES string of the molecule is NCc1nn(C2CCSCC2)c2c1CNC2. The number of nitrogens with two attached hydrogens (primary N) is 1. The molecule has 0 bridgehead atoms. The van der Waals surface area contributed by atoms with E-state index in [9.17, 15) is 0 Å². The minimum absolute atomic E-state index is 0.568. The van der Waals surface area contributed by atoms with Crippen LogP contribution >= 0.6 is 11.8 Å². The van der Waals surface area contributed by atoms with Gasteiger partial charge < -0.3 is 11.1 Å². The Morgan fingerprint density at radius 3 is 2.94 bits per heavy atom. The lowest BCUT2D eigenvalue weighted by atomic mass is 10.1. The summed E-state index contributed by atoms with van der Waals surface area (Å²) in [5, 5.41) is 8.12. The van der Waals surface area contributed by atoms with Gasteiger partial charge in [0, 0.05) is 25.2 Å². The van der Waals surface area contributed by atoms with Gasteiger partial charge in [0.1, 0.15) is 0 Å². The molecule has 5 heteroatoms. The zero-order chi connectivity index (χ0) is 11.0. The van der Waals surface area contributed by atoms with Crippen molar-refractivity contribution in [3.8, 4) is 0 Å². The molecule has 1 aromatic rings. The Balaban J connectivity index is 1.94. The van der Waals surface area contributed by atoms with Gasteiger partial charge in [-0.15, -0.1) is 0 Å². The number of fused-ring (bicyclic) bond motifs is 1. The predicted molar refractivity (Wildman–Crippen MR) is 66.3 cm³/mol. The summed E-state index contributed by atoms with van der Waals surface area (Å²) >= 11 is 2.06. The van der Waals surface area contributed by atoms with Crippen molar-refractivity contribution in [2.45, 2.75) is 38.5 Å². The normalized spacial score (nSPS) is 21.3. The van der Waals surface area contributed by atoms with Gasteiger partial charge in [-0.3, -0.25) is 4.68 Å². The molecule has 16 heavy (non-hydrogen) atoms. The molecule has 3 heterocycles. The van der Waals surface area contributed by atoms with Crippen molar-refractivity contribution >= 4 is 11.8 Å². The summed E-state index contributed by atoms with van der Waals surface area (Å²) in [5.41, 5.74) is 9.60. The number of hydrogen-bond donors (Lipinski definition) is 2. The van der Waals surface area contributed by atoms with Crippen LogP contribution in [0.15, 0.2) is 0 Å². The van der Waals surface area contributed by atoms with Gasteiger partial charge in [0.15, 0.2) is 0 Å². The second-order valence-electron chi connectivity index (χ2n) is 4.47. The maximum absolute atomic E-state index is 5.76. The second-order valence-corrected chi connectivity index (χ2v) is 5.69. The summed E-state index contributed by atoms with van der Waals surface area (Å²) in [6, 6.07) is 0.607. The average Bonchev–Trinajstić information content (AvgIpc) is 2.91. The Kier molecular flexibility index (Phi) is 2.91. The van der Waals surface area contributed by atoms with E-state index in [-0.39, 0.29) is 0 Å². The summed E-state index contributed by atoms with van der Waals surface area (Å²) in [4.78, 5) is 0. The molecule has 1 saturated heterocycles. The zero-order valence-electron chi connectivity index (χ0n) is 9.41. The van der Waals surface area contributed by atoms with Gasteiger partial charge >= 0.3 is 0 Å². The van der Waals surface area contributed by atoms with Crippen LogP contribution in [-0.4, -0.2) is 21.3 Å². The number of nitrogens with one attached hydrogen (secondary N) is 1. The highest BCUT2D eigenvalue weighted by atomic mass is 32.2. The smallest absolute Gasteiger partial charge is 0.0808 e. The van der Waals surface area contributed by atoms with Crippen LogP contribution in [0, 0.1) is 0 Å². The van der Waals surface area contributed by atoms with Crippen molar-refractivity contribution < 1.29 is 0 Å². The second kappa shape index (κ2) is 4.39. The standard InChI is InChI=1S/C11H18N4S/c12-5-10-9-6-13-7-11(9)15(14-10)8-1-3-16-4-2-8/h8,13H,1-7,12H2. The largest absolute Gasteiger partial charge is 0.325 e. The lowest BCUT2D eigenvalue weighted by molar-refractivity contribution is 0.408. The maximum Gasteiger partial charge on any atom is 0.0808 e. The molecule has 1 aromatic heterocycles. The fraction of sp³-hybridized carbons (Fsp3) is 0.727. The van der Waals surface area contributed by atoms with Crippen LogP contribution in [0.1, 0.15) is 35.8 Å². The summed E-state index contributed by atoms with van der Waals surface area (Å²) in [7, 11) is 0. The van der Waals surface area contributed by atoms with E-state index in [0.29, 0.717) is 12.6 Å². The Morgan fingerprint density at radius 2 is 2.19 bits per heavy atom. The monoisotopic (exact) mass is 238 g/mol. The first-order valence-corrected chi connectivity index (χ1v) is 7.13. The molecule has 0 spiro atoms. The van der Waals surface area contributed by atoms with Crippen LogP contribution in [0.2, 0.25) is 0 Å². The third kappa shape index (κ3) is 1.67. The van der Waals surface area contributed by atoms with Gasteiger partial charge in [-0.05, 0) is 24.3 Å². The maximum atomic E-state index is 5.76. The van der Waals surface area contributed by atoms with Gasteiger partial charge in [-0.1, -0.05) is 0 Å². The molecular weight excluding hydrogens is 220 g/mol. The minimum atomic E-state index is 0.568. The molecular formula is C11H18N4S. The topological polar surface area (TPSA) is 55.9 Å². The number of aromatic nitrogens is 2. The Morgan fingerprint density at radius 1 is 1.38 bits per heavy atom. The fourth-order valence-corrected chi connectivity index (χ4v) is 3.73. The lowest BCUT2D eigenvalue weighted by Crippen LogP contribution is -2.20. The van der Waals surface area contributed by atoms with Crippen molar-refractivity contribution in [3.63, 3.8) is 0 Å². The van der Waals surface area contributed by atoms with Crippen LogP contribution in [0.4, 0.5) is 0 Å². The van der Waals surface area contributed by atoms with Crippen molar-refractivity contribution in [2.24, 2.45) is 5.73 Å². The molecule has 3 rings (SSSR count). The van der Waals surface area contributed by atoms with E-state index in [0.717, 1.165) is 18.8 Å². The zero-order valence-corrected chi connectivity index (χ0v) is 10.2. The van der Waals surface area contributed by atoms with Crippen LogP contribution in [0.5, 0.6) is 0 Å². The Hall–Kier alpha value is -0.520. The third-order valence-corrected chi connectivity index (χ3v) is 4.57. The fourth-order valence-electron chi connectivity index (χ4n) is 2.65. The molecule has 2 aliphatic heterocycles. The van der Waals surface area contributed by atoms with Gasteiger partial charge in [0.25, 0.3) is 0 Å². The molecule has 0 aromatic carbocycles. The molecule has 0 amide bonds. The Labute approximate surface area is 100.0 Å². The van der Waals surface area contributed by atoms with Crippen LogP contribution in [0.3, 0.4) is 0 Å². The molecule has 0 atom stereocenters. The quantitative estimate of drug-likeness (QED) is 0.807. The molecule has 0 unspecified atom stereocenters. The summed E-state index contributed by atoms with van der Waals surface area (Å²) in [6.45, 7) is 2.48. The van der Waals surface area contributed by atoms with Crippen molar-refractivity contribution in [3.05, 3.63) is 17.0 Å². The van der Waals surface area contributed by atoms with Gasteiger partial charge in [0.05, 0.1) is 17.4 Å². The van der Waals surface area contributed by atoms with E-state index in [1.807, 2.05) is 0 Å². The predicted octanol–water partition coefficient (Wildman–Crippen LogP) is 1.01. The number of rotatable bonds is 2. The van der Waals surface area contributed by atoms with E-state index in [2.05, 4.69) is 21.8 Å². The van der Waals surface area contributed by atoms with E-state index < -0.39 is 0 Å². The molecule has 4 nitrogen and oxygen atoms in total. The molecule has 0 saturated carbocycles. The average molecular weight is 238 g/mol. The highest BCUT2D eigenvalue weighted by molar-refractivity contribution is 7.99. The lowest BCUT2D eigenvalue weighted by Gasteiger charge is -2.23. The molecule has 0 aliphatic carbocycles. The number of hydrogen-bond acceptors (Lipinski definition) is 4. The van der Waals surface area contributed by atoms with Gasteiger partial charge in [-0.2, -0.15) is 16.9 Å². The number of thioether (sulfide) groups is 1. The summed E-state index contributed by atoms with van der Waals surface area (Å²) in [5.74, 6) is 2.54. The summed E-state index contributed by atoms with van der Waals surface area (Å²) < 4.78 is 2.26. The van der Waals surface area contributed by atoms with Crippen molar-refractivity contribution in [1.29, 1.82) is 0 Å². The highest BCUT2D eigenvalue weighted by Crippen LogP contribution is 2.30. The van der Waals surface area contributed by atoms with Crippen LogP contribution < -0.4 is 11.1 Å². The number of nitrogens with zero attached hydrogens (tertiary/aromatic N) is 2. The van der Waals surface area contributed by atoms with E-state index in [1.165, 1.54) is 35.6 Å².